The zero-order valence-corrected chi connectivity index (χ0v) is 18.4. The van der Waals surface area contributed by atoms with Gasteiger partial charge in [-0.3, -0.25) is 4.79 Å². The number of hydrogen-bond acceptors (Lipinski definition) is 5. The molecule has 0 aliphatic carbocycles. The summed E-state index contributed by atoms with van der Waals surface area (Å²) < 4.78 is 32.7. The average molecular weight is 446 g/mol. The lowest BCUT2D eigenvalue weighted by atomic mass is 10.0. The highest BCUT2D eigenvalue weighted by Gasteiger charge is 2.25. The highest BCUT2D eigenvalue weighted by atomic mass is 32.2. The van der Waals surface area contributed by atoms with Crippen molar-refractivity contribution in [2.24, 2.45) is 0 Å². The number of nitrogens with one attached hydrogen (secondary N) is 2. The average Bonchev–Trinajstić information content (AvgIpc) is 2.78. The fourth-order valence-electron chi connectivity index (χ4n) is 3.47. The Morgan fingerprint density at radius 2 is 1.77 bits per heavy atom. The number of rotatable bonds is 6. The first kappa shape index (κ1) is 22.8. The standard InChI is InChI=1S/C22H27N3O5S/c1-16-8-9-19(31(28,29)23-15-17-6-4-3-5-7-17)14-20(16)21(26)24-18-10-12-25(13-11-18)22(27)30-2/h3-9,14,18,23H,10-13,15H2,1-2H3,(H,24,26). The summed E-state index contributed by atoms with van der Waals surface area (Å²) in [7, 11) is -2.43. The summed E-state index contributed by atoms with van der Waals surface area (Å²) in [4.78, 5) is 26.1. The van der Waals surface area contributed by atoms with Gasteiger partial charge in [-0.15, -0.1) is 0 Å². The van der Waals surface area contributed by atoms with Gasteiger partial charge >= 0.3 is 6.09 Å². The second-order valence-corrected chi connectivity index (χ2v) is 9.26. The molecule has 8 nitrogen and oxygen atoms in total. The second kappa shape index (κ2) is 9.93. The summed E-state index contributed by atoms with van der Waals surface area (Å²) >= 11 is 0. The smallest absolute Gasteiger partial charge is 0.409 e. The molecule has 166 valence electrons. The molecule has 0 saturated carbocycles. The van der Waals surface area contributed by atoms with Crippen molar-refractivity contribution in [1.29, 1.82) is 0 Å². The van der Waals surface area contributed by atoms with Crippen molar-refractivity contribution in [2.75, 3.05) is 20.2 Å². The number of nitrogens with zero attached hydrogens (tertiary/aromatic N) is 1. The molecular formula is C22H27N3O5S. The molecule has 2 aromatic carbocycles. The quantitative estimate of drug-likeness (QED) is 0.711. The lowest BCUT2D eigenvalue weighted by Crippen LogP contribution is -2.46. The van der Waals surface area contributed by atoms with Crippen LogP contribution in [-0.2, 0) is 21.3 Å². The van der Waals surface area contributed by atoms with Crippen molar-refractivity contribution in [2.45, 2.75) is 37.2 Å². The lowest BCUT2D eigenvalue weighted by Gasteiger charge is -2.31. The minimum Gasteiger partial charge on any atom is -0.453 e. The van der Waals surface area contributed by atoms with Gasteiger partial charge in [-0.05, 0) is 43.0 Å². The minimum atomic E-state index is -3.77. The number of benzene rings is 2. The van der Waals surface area contributed by atoms with Gasteiger partial charge in [-0.2, -0.15) is 0 Å². The third-order valence-electron chi connectivity index (χ3n) is 5.34. The fraction of sp³-hybridized carbons (Fsp3) is 0.364. The molecule has 9 heteroatoms. The Labute approximate surface area is 182 Å². The third kappa shape index (κ3) is 5.83. The van der Waals surface area contributed by atoms with E-state index in [0.717, 1.165) is 5.56 Å². The van der Waals surface area contributed by atoms with Crippen LogP contribution in [0.1, 0.15) is 34.3 Å². The maximum atomic E-state index is 12.8. The van der Waals surface area contributed by atoms with E-state index in [2.05, 4.69) is 10.0 Å². The van der Waals surface area contributed by atoms with Crippen molar-refractivity contribution in [1.82, 2.24) is 14.9 Å². The van der Waals surface area contributed by atoms with E-state index in [4.69, 9.17) is 4.74 Å². The summed E-state index contributed by atoms with van der Waals surface area (Å²) in [5, 5.41) is 2.96. The number of sulfonamides is 1. The maximum absolute atomic E-state index is 12.8. The number of likely N-dealkylation sites (tertiary alicyclic amines) is 1. The summed E-state index contributed by atoms with van der Waals surface area (Å²) in [6.07, 6.45) is 0.842. The molecule has 0 atom stereocenters. The molecule has 1 aliphatic heterocycles. The molecule has 0 aromatic heterocycles. The molecule has 2 amide bonds. The Balaban J connectivity index is 1.66. The van der Waals surface area contributed by atoms with Gasteiger partial charge < -0.3 is 15.0 Å². The van der Waals surface area contributed by atoms with Crippen molar-refractivity contribution >= 4 is 22.0 Å². The first-order valence-electron chi connectivity index (χ1n) is 10.1. The number of hydrogen-bond donors (Lipinski definition) is 2. The van der Waals surface area contributed by atoms with Crippen LogP contribution < -0.4 is 10.0 Å². The van der Waals surface area contributed by atoms with E-state index in [9.17, 15) is 18.0 Å². The highest BCUT2D eigenvalue weighted by Crippen LogP contribution is 2.18. The van der Waals surface area contributed by atoms with Gasteiger partial charge in [0.2, 0.25) is 10.0 Å². The zero-order chi connectivity index (χ0) is 22.4. The first-order valence-corrected chi connectivity index (χ1v) is 11.6. The van der Waals surface area contributed by atoms with Gasteiger partial charge in [0.15, 0.2) is 0 Å². The van der Waals surface area contributed by atoms with Gasteiger partial charge in [0.05, 0.1) is 12.0 Å². The second-order valence-electron chi connectivity index (χ2n) is 7.49. The lowest BCUT2D eigenvalue weighted by molar-refractivity contribution is 0.0891. The van der Waals surface area contributed by atoms with Crippen LogP contribution in [0.2, 0.25) is 0 Å². The van der Waals surface area contributed by atoms with Gasteiger partial charge in [0.25, 0.3) is 5.91 Å². The number of methoxy groups -OCH3 is 1. The molecule has 0 bridgehead atoms. The van der Waals surface area contributed by atoms with E-state index >= 15 is 0 Å². The van der Waals surface area contributed by atoms with Crippen LogP contribution in [0, 0.1) is 6.92 Å². The molecule has 2 aromatic rings. The van der Waals surface area contributed by atoms with E-state index in [1.807, 2.05) is 30.3 Å². The fourth-order valence-corrected chi connectivity index (χ4v) is 4.51. The zero-order valence-electron chi connectivity index (χ0n) is 17.6. The SMILES string of the molecule is COC(=O)N1CCC(NC(=O)c2cc(S(=O)(=O)NCc3ccccc3)ccc2C)CC1. The van der Waals surface area contributed by atoms with Crippen molar-refractivity contribution < 1.29 is 22.7 Å². The van der Waals surface area contributed by atoms with Crippen LogP contribution in [0.25, 0.3) is 0 Å². The number of amides is 2. The molecule has 1 fully saturated rings. The van der Waals surface area contributed by atoms with Gasteiger partial charge in [-0.1, -0.05) is 36.4 Å². The number of ether oxygens (including phenoxy) is 1. The van der Waals surface area contributed by atoms with E-state index in [-0.39, 0.29) is 29.5 Å². The third-order valence-corrected chi connectivity index (χ3v) is 6.74. The molecule has 0 unspecified atom stereocenters. The monoisotopic (exact) mass is 445 g/mol. The molecular weight excluding hydrogens is 418 g/mol. The maximum Gasteiger partial charge on any atom is 0.409 e. The van der Waals surface area contributed by atoms with Crippen molar-refractivity contribution in [3.05, 3.63) is 65.2 Å². The van der Waals surface area contributed by atoms with Crippen LogP contribution in [0.5, 0.6) is 0 Å². The number of piperidine rings is 1. The van der Waals surface area contributed by atoms with Gasteiger partial charge in [-0.25, -0.2) is 17.9 Å². The van der Waals surface area contributed by atoms with Crippen LogP contribution in [0.3, 0.4) is 0 Å². The Bertz CT molecular complexity index is 1030. The van der Waals surface area contributed by atoms with Crippen LogP contribution >= 0.6 is 0 Å². The number of carbonyl (C=O) groups is 2. The summed E-state index contributed by atoms with van der Waals surface area (Å²) in [6.45, 7) is 2.92. The number of aryl methyl sites for hydroxylation is 1. The molecule has 0 radical (unpaired) electrons. The van der Waals surface area contributed by atoms with Crippen LogP contribution in [0.4, 0.5) is 4.79 Å². The Morgan fingerprint density at radius 3 is 2.42 bits per heavy atom. The van der Waals surface area contributed by atoms with Gasteiger partial charge in [0, 0.05) is 31.2 Å². The molecule has 2 N–H and O–H groups in total. The van der Waals surface area contributed by atoms with Crippen LogP contribution in [-0.4, -0.2) is 51.6 Å². The van der Waals surface area contributed by atoms with Gasteiger partial charge in [0.1, 0.15) is 0 Å². The molecule has 1 aliphatic rings. The molecule has 0 spiro atoms. The predicted molar refractivity (Wildman–Crippen MR) is 116 cm³/mol. The topological polar surface area (TPSA) is 105 Å². The Hall–Kier alpha value is -2.91. The Morgan fingerprint density at radius 1 is 1.10 bits per heavy atom. The van der Waals surface area contributed by atoms with Crippen molar-refractivity contribution in [3.63, 3.8) is 0 Å². The highest BCUT2D eigenvalue weighted by molar-refractivity contribution is 7.89. The molecule has 1 heterocycles. The summed E-state index contributed by atoms with van der Waals surface area (Å²) in [6, 6.07) is 13.7. The van der Waals surface area contributed by atoms with E-state index in [1.54, 1.807) is 17.9 Å². The summed E-state index contributed by atoms with van der Waals surface area (Å²) in [5.41, 5.74) is 1.85. The van der Waals surface area contributed by atoms with E-state index in [0.29, 0.717) is 37.1 Å². The number of carbonyl (C=O) groups excluding carboxylic acids is 2. The summed E-state index contributed by atoms with van der Waals surface area (Å²) in [5.74, 6) is -0.325. The largest absolute Gasteiger partial charge is 0.453 e. The molecule has 31 heavy (non-hydrogen) atoms. The first-order chi connectivity index (χ1) is 14.8. The predicted octanol–water partition coefficient (Wildman–Crippen LogP) is 2.43. The minimum absolute atomic E-state index is 0.0414. The Kier molecular flexibility index (Phi) is 7.29. The van der Waals surface area contributed by atoms with Crippen LogP contribution in [0.15, 0.2) is 53.4 Å². The van der Waals surface area contributed by atoms with E-state index < -0.39 is 10.0 Å². The van der Waals surface area contributed by atoms with Crippen molar-refractivity contribution in [3.8, 4) is 0 Å². The normalized spacial score (nSPS) is 14.8. The molecule has 1 saturated heterocycles. The molecule has 3 rings (SSSR count). The van der Waals surface area contributed by atoms with E-state index in [1.165, 1.54) is 19.2 Å².